The van der Waals surface area contributed by atoms with Crippen molar-refractivity contribution in [3.8, 4) is 0 Å². The van der Waals surface area contributed by atoms with E-state index in [1.54, 1.807) is 6.07 Å². The zero-order valence-corrected chi connectivity index (χ0v) is 10.8. The van der Waals surface area contributed by atoms with Crippen molar-refractivity contribution in [2.24, 2.45) is 11.7 Å². The lowest BCUT2D eigenvalue weighted by Gasteiger charge is -2.28. The molecule has 1 aromatic carbocycles. The Morgan fingerprint density at radius 1 is 1.25 bits per heavy atom. The number of halogens is 2. The van der Waals surface area contributed by atoms with Gasteiger partial charge >= 0.3 is 0 Å². The molecule has 1 aromatic rings. The van der Waals surface area contributed by atoms with Crippen molar-refractivity contribution in [1.82, 2.24) is 0 Å². The zero-order chi connectivity index (χ0) is 11.5. The molecule has 1 nitrogen and oxygen atoms in total. The first-order chi connectivity index (χ1) is 7.70. The van der Waals surface area contributed by atoms with E-state index in [0.29, 0.717) is 11.5 Å². The molecule has 3 heteroatoms. The van der Waals surface area contributed by atoms with Gasteiger partial charge in [0.1, 0.15) is 5.82 Å². The van der Waals surface area contributed by atoms with E-state index >= 15 is 0 Å². The van der Waals surface area contributed by atoms with Crippen LogP contribution in [0.3, 0.4) is 0 Å². The molecule has 0 bridgehead atoms. The van der Waals surface area contributed by atoms with Crippen molar-refractivity contribution < 1.29 is 4.39 Å². The van der Waals surface area contributed by atoms with Crippen LogP contribution in [0.15, 0.2) is 22.7 Å². The highest BCUT2D eigenvalue weighted by Gasteiger charge is 2.25. The molecule has 1 atom stereocenters. The lowest BCUT2D eigenvalue weighted by molar-refractivity contribution is 0.303. The summed E-state index contributed by atoms with van der Waals surface area (Å²) >= 11 is 3.39. The highest BCUT2D eigenvalue weighted by atomic mass is 79.9. The van der Waals surface area contributed by atoms with Gasteiger partial charge in [-0.2, -0.15) is 0 Å². The van der Waals surface area contributed by atoms with E-state index in [1.165, 1.54) is 25.3 Å². The third-order valence-corrected chi connectivity index (χ3v) is 4.18. The molecule has 0 aliphatic heterocycles. The third kappa shape index (κ3) is 2.46. The van der Waals surface area contributed by atoms with Crippen molar-refractivity contribution >= 4 is 15.9 Å². The first kappa shape index (κ1) is 12.1. The maximum absolute atomic E-state index is 13.7. The molecule has 1 fully saturated rings. The van der Waals surface area contributed by atoms with Gasteiger partial charge in [0, 0.05) is 16.1 Å². The Morgan fingerprint density at radius 3 is 2.56 bits per heavy atom. The molecule has 88 valence electrons. The normalized spacial score (nSPS) is 19.7. The van der Waals surface area contributed by atoms with Crippen molar-refractivity contribution in [2.75, 3.05) is 0 Å². The van der Waals surface area contributed by atoms with Gasteiger partial charge in [-0.15, -0.1) is 0 Å². The minimum atomic E-state index is -0.188. The van der Waals surface area contributed by atoms with E-state index in [0.717, 1.165) is 17.3 Å². The summed E-state index contributed by atoms with van der Waals surface area (Å²) in [6.07, 6.45) is 6.00. The van der Waals surface area contributed by atoms with E-state index in [4.69, 9.17) is 5.73 Å². The molecule has 1 aliphatic carbocycles. The molecule has 2 N–H and O–H groups in total. The number of nitrogens with two attached hydrogens (primary N) is 1. The van der Waals surface area contributed by atoms with E-state index < -0.39 is 0 Å². The van der Waals surface area contributed by atoms with Gasteiger partial charge < -0.3 is 5.73 Å². The second-order valence-corrected chi connectivity index (χ2v) is 5.41. The average molecular weight is 286 g/mol. The van der Waals surface area contributed by atoms with Gasteiger partial charge in [-0.3, -0.25) is 0 Å². The van der Waals surface area contributed by atoms with E-state index in [-0.39, 0.29) is 11.9 Å². The van der Waals surface area contributed by atoms with Crippen LogP contribution in [0.1, 0.15) is 43.7 Å². The number of benzene rings is 1. The van der Waals surface area contributed by atoms with E-state index in [2.05, 4.69) is 15.9 Å². The van der Waals surface area contributed by atoms with Crippen molar-refractivity contribution in [3.63, 3.8) is 0 Å². The molecule has 1 aliphatic rings. The number of hydrogen-bond acceptors (Lipinski definition) is 1. The number of rotatable bonds is 2. The standard InChI is InChI=1S/C13H17BrFN/c14-10-7-4-8-11(15)12(10)13(16)9-5-2-1-3-6-9/h4,7-9,13H,1-3,5-6,16H2. The second kappa shape index (κ2) is 5.28. The Kier molecular flexibility index (Phi) is 3.98. The first-order valence-electron chi connectivity index (χ1n) is 5.89. The molecule has 0 saturated heterocycles. The Balaban J connectivity index is 2.22. The van der Waals surface area contributed by atoms with Crippen molar-refractivity contribution in [3.05, 3.63) is 34.1 Å². The highest BCUT2D eigenvalue weighted by Crippen LogP contribution is 2.36. The van der Waals surface area contributed by atoms with Crippen molar-refractivity contribution in [2.45, 2.75) is 38.1 Å². The topological polar surface area (TPSA) is 26.0 Å². The molecule has 0 heterocycles. The molecule has 0 aromatic heterocycles. The van der Waals surface area contributed by atoms with Crippen LogP contribution in [0.2, 0.25) is 0 Å². The monoisotopic (exact) mass is 285 g/mol. The van der Waals surface area contributed by atoms with Crippen LogP contribution in [0, 0.1) is 11.7 Å². The second-order valence-electron chi connectivity index (χ2n) is 4.56. The van der Waals surface area contributed by atoms with Crippen LogP contribution in [0.25, 0.3) is 0 Å². The molecule has 1 saturated carbocycles. The quantitative estimate of drug-likeness (QED) is 0.867. The molecule has 1 unspecified atom stereocenters. The van der Waals surface area contributed by atoms with E-state index in [1.807, 2.05) is 6.07 Å². The van der Waals surface area contributed by atoms with Gasteiger partial charge in [-0.05, 0) is 30.9 Å². The summed E-state index contributed by atoms with van der Waals surface area (Å²) in [5.74, 6) is 0.245. The van der Waals surface area contributed by atoms with Gasteiger partial charge in [-0.25, -0.2) is 4.39 Å². The highest BCUT2D eigenvalue weighted by molar-refractivity contribution is 9.10. The molecular weight excluding hydrogens is 269 g/mol. The van der Waals surface area contributed by atoms with E-state index in [9.17, 15) is 4.39 Å². The average Bonchev–Trinajstić information content (AvgIpc) is 2.30. The predicted molar refractivity (Wildman–Crippen MR) is 67.6 cm³/mol. The van der Waals surface area contributed by atoms with Crippen LogP contribution in [0.5, 0.6) is 0 Å². The fourth-order valence-corrected chi connectivity index (χ4v) is 3.16. The summed E-state index contributed by atoms with van der Waals surface area (Å²) in [5.41, 5.74) is 6.85. The van der Waals surface area contributed by atoms with Crippen LogP contribution in [0.4, 0.5) is 4.39 Å². The van der Waals surface area contributed by atoms with Crippen LogP contribution in [-0.4, -0.2) is 0 Å². The van der Waals surface area contributed by atoms with Gasteiger partial charge in [0.05, 0.1) is 0 Å². The van der Waals surface area contributed by atoms with Crippen molar-refractivity contribution in [1.29, 1.82) is 0 Å². The Hall–Kier alpha value is -0.410. The summed E-state index contributed by atoms with van der Waals surface area (Å²) in [4.78, 5) is 0. The molecule has 0 amide bonds. The van der Waals surface area contributed by atoms with Gasteiger partial charge in [0.15, 0.2) is 0 Å². The molecule has 0 spiro atoms. The minimum absolute atomic E-state index is 0.170. The van der Waals surface area contributed by atoms with Gasteiger partial charge in [-0.1, -0.05) is 41.3 Å². The Morgan fingerprint density at radius 2 is 1.94 bits per heavy atom. The summed E-state index contributed by atoms with van der Waals surface area (Å²) in [7, 11) is 0. The largest absolute Gasteiger partial charge is 0.324 e. The third-order valence-electron chi connectivity index (χ3n) is 3.49. The summed E-state index contributed by atoms with van der Waals surface area (Å²) in [6, 6.07) is 4.89. The van der Waals surface area contributed by atoms with Crippen LogP contribution >= 0.6 is 15.9 Å². The smallest absolute Gasteiger partial charge is 0.129 e. The molecule has 16 heavy (non-hydrogen) atoms. The zero-order valence-electron chi connectivity index (χ0n) is 9.26. The van der Waals surface area contributed by atoms with Crippen LogP contribution in [-0.2, 0) is 0 Å². The lowest BCUT2D eigenvalue weighted by Crippen LogP contribution is -2.24. The maximum atomic E-state index is 13.7. The fraction of sp³-hybridized carbons (Fsp3) is 0.538. The first-order valence-corrected chi connectivity index (χ1v) is 6.69. The predicted octanol–water partition coefficient (Wildman–Crippen LogP) is 4.17. The molecular formula is C13H17BrFN. The fourth-order valence-electron chi connectivity index (χ4n) is 2.56. The molecule has 0 radical (unpaired) electrons. The minimum Gasteiger partial charge on any atom is -0.324 e. The summed E-state index contributed by atoms with van der Waals surface area (Å²) < 4.78 is 14.5. The van der Waals surface area contributed by atoms with Gasteiger partial charge in [0.2, 0.25) is 0 Å². The lowest BCUT2D eigenvalue weighted by atomic mass is 9.81. The molecule has 2 rings (SSSR count). The SMILES string of the molecule is NC(c1c(F)cccc1Br)C1CCCCC1. The summed E-state index contributed by atoms with van der Waals surface area (Å²) in [6.45, 7) is 0. The Labute approximate surface area is 104 Å². The van der Waals surface area contributed by atoms with Gasteiger partial charge in [0.25, 0.3) is 0 Å². The van der Waals surface area contributed by atoms with Crippen LogP contribution < -0.4 is 5.73 Å². The Bertz CT molecular complexity index is 341. The maximum Gasteiger partial charge on any atom is 0.129 e. The number of hydrogen-bond donors (Lipinski definition) is 1. The summed E-state index contributed by atoms with van der Waals surface area (Å²) in [5, 5.41) is 0.